The van der Waals surface area contributed by atoms with Crippen LogP contribution in [0.5, 0.6) is 0 Å². The summed E-state index contributed by atoms with van der Waals surface area (Å²) in [6.07, 6.45) is 12.0. The molecule has 0 spiro atoms. The Labute approximate surface area is 124 Å². The summed E-state index contributed by atoms with van der Waals surface area (Å²) in [6.45, 7) is 3.91. The third-order valence-corrected chi connectivity index (χ3v) is 6.79. The molecule has 19 heavy (non-hydrogen) atoms. The number of rotatable bonds is 2. The van der Waals surface area contributed by atoms with Crippen molar-refractivity contribution in [2.75, 3.05) is 31.6 Å². The average Bonchev–Trinajstić information content (AvgIpc) is 2.95. The molecule has 0 unspecified atom stereocenters. The molecule has 0 saturated carbocycles. The first-order chi connectivity index (χ1) is 9.36. The lowest BCUT2D eigenvalue weighted by Crippen LogP contribution is -2.55. The van der Waals surface area contributed by atoms with Crippen LogP contribution in [0.4, 0.5) is 0 Å². The van der Waals surface area contributed by atoms with E-state index in [1.807, 2.05) is 23.5 Å². The van der Waals surface area contributed by atoms with Gasteiger partial charge in [-0.1, -0.05) is 6.08 Å². The molecule has 5 aliphatic heterocycles. The Morgan fingerprint density at radius 3 is 2.84 bits per heavy atom. The Hall–Kier alpha value is -0.320. The zero-order valence-electron chi connectivity index (χ0n) is 11.3. The summed E-state index contributed by atoms with van der Waals surface area (Å²) < 4.78 is 0. The van der Waals surface area contributed by atoms with E-state index in [-0.39, 0.29) is 0 Å². The molecular weight excluding hydrogens is 272 g/mol. The van der Waals surface area contributed by atoms with Gasteiger partial charge in [0, 0.05) is 29.4 Å². The molecular formula is C15H20N2S2. The Morgan fingerprint density at radius 2 is 2.16 bits per heavy atom. The number of nitrogens with zero attached hydrogens (tertiary/aromatic N) is 2. The highest BCUT2D eigenvalue weighted by Crippen LogP contribution is 2.45. The maximum atomic E-state index is 2.65. The fourth-order valence-corrected chi connectivity index (χ4v) is 5.89. The number of thioether (sulfide) groups is 2. The Bertz CT molecular complexity index is 473. The van der Waals surface area contributed by atoms with E-state index in [4.69, 9.17) is 0 Å². The fraction of sp³-hybridized carbons (Fsp3) is 0.600. The number of fused-ring (bicyclic) bond motifs is 4. The first-order valence-corrected chi connectivity index (χ1v) is 9.38. The van der Waals surface area contributed by atoms with Gasteiger partial charge in [0.25, 0.3) is 0 Å². The van der Waals surface area contributed by atoms with Crippen LogP contribution in [-0.2, 0) is 0 Å². The Morgan fingerprint density at radius 1 is 1.32 bits per heavy atom. The summed E-state index contributed by atoms with van der Waals surface area (Å²) in [5, 5.41) is 1.50. The van der Waals surface area contributed by atoms with E-state index in [1.54, 1.807) is 0 Å². The molecule has 0 aliphatic carbocycles. The largest absolute Gasteiger partial charge is 0.337 e. The van der Waals surface area contributed by atoms with E-state index in [2.05, 4.69) is 34.4 Å². The van der Waals surface area contributed by atoms with Crippen molar-refractivity contribution >= 4 is 23.5 Å². The smallest absolute Gasteiger partial charge is 0.0892 e. The number of allylic oxidation sites excluding steroid dienone is 2. The molecule has 5 rings (SSSR count). The van der Waals surface area contributed by atoms with Crippen molar-refractivity contribution in [3.8, 4) is 0 Å². The van der Waals surface area contributed by atoms with Gasteiger partial charge >= 0.3 is 0 Å². The first-order valence-electron chi connectivity index (χ1n) is 7.17. The van der Waals surface area contributed by atoms with Gasteiger partial charge in [-0.15, -0.1) is 23.5 Å². The van der Waals surface area contributed by atoms with E-state index in [0.717, 1.165) is 11.7 Å². The second-order valence-corrected chi connectivity index (χ2v) is 7.56. The van der Waals surface area contributed by atoms with Gasteiger partial charge in [-0.05, 0) is 49.8 Å². The van der Waals surface area contributed by atoms with Gasteiger partial charge in [-0.3, -0.25) is 0 Å². The van der Waals surface area contributed by atoms with Crippen molar-refractivity contribution in [1.29, 1.82) is 0 Å². The van der Waals surface area contributed by atoms with Crippen molar-refractivity contribution < 1.29 is 0 Å². The minimum Gasteiger partial charge on any atom is -0.337 e. The van der Waals surface area contributed by atoms with E-state index in [9.17, 15) is 0 Å². The predicted molar refractivity (Wildman–Crippen MR) is 85.0 cm³/mol. The number of hydrogen-bond donors (Lipinski definition) is 0. The lowest BCUT2D eigenvalue weighted by molar-refractivity contribution is 0.0400. The van der Waals surface area contributed by atoms with Crippen molar-refractivity contribution in [2.24, 2.45) is 5.92 Å². The third kappa shape index (κ3) is 1.99. The molecule has 3 saturated heterocycles. The molecule has 0 aromatic rings. The molecule has 0 aromatic carbocycles. The molecule has 2 bridgehead atoms. The summed E-state index contributed by atoms with van der Waals surface area (Å²) >= 11 is 3.93. The van der Waals surface area contributed by atoms with Crippen LogP contribution in [0.15, 0.2) is 33.9 Å². The van der Waals surface area contributed by atoms with Gasteiger partial charge in [0.15, 0.2) is 0 Å². The highest BCUT2D eigenvalue weighted by molar-refractivity contribution is 8.06. The third-order valence-electron chi connectivity index (χ3n) is 4.81. The average molecular weight is 292 g/mol. The van der Waals surface area contributed by atoms with Crippen LogP contribution in [0.1, 0.15) is 12.8 Å². The monoisotopic (exact) mass is 292 g/mol. The van der Waals surface area contributed by atoms with Crippen LogP contribution >= 0.6 is 23.5 Å². The normalized spacial score (nSPS) is 36.8. The van der Waals surface area contributed by atoms with Crippen molar-refractivity contribution in [1.82, 2.24) is 9.80 Å². The Kier molecular flexibility index (Phi) is 3.20. The fourth-order valence-electron chi connectivity index (χ4n) is 3.77. The van der Waals surface area contributed by atoms with Gasteiger partial charge in [0.2, 0.25) is 0 Å². The molecule has 2 nitrogen and oxygen atoms in total. The minimum atomic E-state index is 0.705. The van der Waals surface area contributed by atoms with Gasteiger partial charge in [-0.2, -0.15) is 0 Å². The Balaban J connectivity index is 1.66. The molecule has 1 atom stereocenters. The second-order valence-electron chi connectivity index (χ2n) is 5.74. The van der Waals surface area contributed by atoms with Crippen molar-refractivity contribution in [2.45, 2.75) is 18.9 Å². The van der Waals surface area contributed by atoms with Crippen molar-refractivity contribution in [3.63, 3.8) is 0 Å². The molecule has 5 heterocycles. The van der Waals surface area contributed by atoms with Gasteiger partial charge in [0.1, 0.15) is 0 Å². The highest BCUT2D eigenvalue weighted by atomic mass is 32.2. The molecule has 4 heteroatoms. The van der Waals surface area contributed by atoms with Crippen LogP contribution < -0.4 is 0 Å². The summed E-state index contributed by atoms with van der Waals surface area (Å²) in [7, 11) is 0. The lowest BCUT2D eigenvalue weighted by Gasteiger charge is -2.49. The molecule has 0 radical (unpaired) electrons. The van der Waals surface area contributed by atoms with Crippen LogP contribution in [0, 0.1) is 5.92 Å². The molecule has 0 amide bonds. The zero-order valence-corrected chi connectivity index (χ0v) is 13.0. The maximum absolute atomic E-state index is 2.65. The summed E-state index contributed by atoms with van der Waals surface area (Å²) in [5.74, 6) is 2.04. The molecule has 5 aliphatic rings. The molecule has 0 aromatic heterocycles. The van der Waals surface area contributed by atoms with E-state index in [1.165, 1.54) is 48.0 Å². The van der Waals surface area contributed by atoms with Gasteiger partial charge < -0.3 is 9.80 Å². The highest BCUT2D eigenvalue weighted by Gasteiger charge is 2.39. The minimum absolute atomic E-state index is 0.705. The standard InChI is InChI=1S/C15H20N2S2/c1-18-15-14-12(5-9-19-14)4-8-17(15)13-10-16-6-2-11(13)3-7-16/h4-5,8,11,13H,2-3,6-7,9-10H2,1H3/t13-/m0/s1. The predicted octanol–water partition coefficient (Wildman–Crippen LogP) is 3.12. The van der Waals surface area contributed by atoms with E-state index < -0.39 is 0 Å². The first kappa shape index (κ1) is 12.4. The summed E-state index contributed by atoms with van der Waals surface area (Å²) in [6, 6.07) is 0.705. The van der Waals surface area contributed by atoms with Gasteiger partial charge in [-0.25, -0.2) is 0 Å². The SMILES string of the molecule is CSC1=C2SCC=C2C=CN1[C@H]1CN2CCC1CC2. The number of hydrogen-bond acceptors (Lipinski definition) is 4. The maximum Gasteiger partial charge on any atom is 0.0892 e. The number of piperidine rings is 3. The van der Waals surface area contributed by atoms with Gasteiger partial charge in [0.05, 0.1) is 5.03 Å². The zero-order chi connectivity index (χ0) is 12.8. The van der Waals surface area contributed by atoms with E-state index >= 15 is 0 Å². The molecule has 102 valence electrons. The van der Waals surface area contributed by atoms with Crippen LogP contribution in [0.3, 0.4) is 0 Å². The lowest BCUT2D eigenvalue weighted by atomic mass is 9.83. The van der Waals surface area contributed by atoms with E-state index in [0.29, 0.717) is 6.04 Å². The second kappa shape index (κ2) is 4.90. The molecule has 3 fully saturated rings. The quantitative estimate of drug-likeness (QED) is 0.771. The summed E-state index contributed by atoms with van der Waals surface area (Å²) in [5.41, 5.74) is 1.45. The van der Waals surface area contributed by atoms with Crippen LogP contribution in [0.2, 0.25) is 0 Å². The van der Waals surface area contributed by atoms with Crippen LogP contribution in [-0.4, -0.2) is 47.5 Å². The topological polar surface area (TPSA) is 6.48 Å². The summed E-state index contributed by atoms with van der Waals surface area (Å²) in [4.78, 5) is 6.76. The van der Waals surface area contributed by atoms with Crippen LogP contribution in [0.25, 0.3) is 0 Å². The van der Waals surface area contributed by atoms with Crippen molar-refractivity contribution in [3.05, 3.63) is 33.9 Å². The molecule has 0 N–H and O–H groups in total.